The van der Waals surface area contributed by atoms with Gasteiger partial charge in [0.25, 0.3) is 0 Å². The summed E-state index contributed by atoms with van der Waals surface area (Å²) in [4.78, 5) is 11.7. The van der Waals surface area contributed by atoms with Crippen LogP contribution in [0.25, 0.3) is 0 Å². The van der Waals surface area contributed by atoms with Gasteiger partial charge in [-0.25, -0.2) is 0 Å². The van der Waals surface area contributed by atoms with Crippen LogP contribution in [0.1, 0.15) is 249 Å². The third-order valence-corrected chi connectivity index (χ3v) is 15.8. The predicted octanol–water partition coefficient (Wildman–Crippen LogP) is 27.0. The first kappa shape index (κ1) is 111. The predicted molar refractivity (Wildman–Crippen MR) is 478 cm³/mol. The molecule has 3 unspecified atom stereocenters. The molecule has 0 aromatic rings. The number of rotatable bonds is 31. The second kappa shape index (κ2) is 61.5. The van der Waals surface area contributed by atoms with Crippen molar-refractivity contribution in [3.63, 3.8) is 0 Å². The molecule has 0 aliphatic rings. The van der Waals surface area contributed by atoms with Gasteiger partial charge in [-0.2, -0.15) is 0 Å². The maximum Gasteiger partial charge on any atom is 0.181 e. The van der Waals surface area contributed by atoms with Gasteiger partial charge in [0.15, 0.2) is 5.78 Å². The van der Waals surface area contributed by atoms with E-state index in [1.165, 1.54) is 78.0 Å². The van der Waals surface area contributed by atoms with Gasteiger partial charge in [0, 0.05) is 21.3 Å². The van der Waals surface area contributed by atoms with Crippen molar-refractivity contribution in [2.45, 2.75) is 290 Å². The summed E-state index contributed by atoms with van der Waals surface area (Å²) in [6.45, 7) is 71.8. The van der Waals surface area contributed by atoms with E-state index in [1.54, 1.807) is 113 Å². The van der Waals surface area contributed by atoms with Crippen molar-refractivity contribution in [1.82, 2.24) is 0 Å². The van der Waals surface area contributed by atoms with E-state index < -0.39 is 22.4 Å². The van der Waals surface area contributed by atoms with Gasteiger partial charge in [-0.05, 0) is 272 Å². The largest absolute Gasteiger partial charge is 0.387 e. The highest BCUT2D eigenvalue weighted by atomic mass is 16.5. The molecule has 0 heterocycles. The van der Waals surface area contributed by atoms with Gasteiger partial charge in [-0.15, -0.1) is 0 Å². The van der Waals surface area contributed by atoms with Crippen molar-refractivity contribution in [2.75, 3.05) is 21.3 Å². The fraction of sp³-hybridized carbons (Fsp3) is 0.465. The number of hydrogen-bond donors (Lipinski definition) is 4. The maximum atomic E-state index is 11.7. The van der Waals surface area contributed by atoms with Crippen LogP contribution in [0.2, 0.25) is 0 Å². The molecule has 600 valence electrons. The molecular weight excluding hydrogens is 1320 g/mol. The van der Waals surface area contributed by atoms with E-state index in [4.69, 9.17) is 14.2 Å². The summed E-state index contributed by atoms with van der Waals surface area (Å²) < 4.78 is 16.1. The van der Waals surface area contributed by atoms with E-state index in [0.29, 0.717) is 0 Å². The number of allylic oxidation sites excluding steroid dienone is 44. The molecule has 0 amide bonds. The van der Waals surface area contributed by atoms with Crippen molar-refractivity contribution in [2.24, 2.45) is 0 Å². The van der Waals surface area contributed by atoms with Gasteiger partial charge in [0.1, 0.15) is 6.10 Å². The fourth-order valence-electron chi connectivity index (χ4n) is 7.08. The summed E-state index contributed by atoms with van der Waals surface area (Å²) in [5, 5.41) is 38.7. The minimum absolute atomic E-state index is 0.0363. The average molecular weight is 1470 g/mol. The molecule has 8 nitrogen and oxygen atoms in total. The Kier molecular flexibility index (Phi) is 63.6. The molecule has 0 spiro atoms. The standard InChI is InChI=1S/3C17H28O2.C16H24O2.2C16H24/c2*1-13(2)14(3)9-8-10-15(4)16(19-7)11-12-17(5,6)18;1-13(2)15(4)10-8-9-14(3)11-12-16(19-7)17(5,6)18;1-12(2)14(4)15(17)10-9-13(3)8-7-11-16(5,6)18;2*1-13(2)9-7-10-15(5)11-8-12-16(6)14(3)4/h3*8-12,16,18H,1-7H3;7-11,18H,1-6H3;2*7-12H,1-6H3/b2*9-8+,12-11+,15-10+;10-8+,12-11+,14-9+;10-9+,11-7+,13-8+;2*10-7+,12-8+,15-11+. The third kappa shape index (κ3) is 73.9. The number of hydrogen-bond acceptors (Lipinski definition) is 8. The molecule has 0 saturated carbocycles. The molecule has 0 rings (SSSR count). The van der Waals surface area contributed by atoms with Gasteiger partial charge < -0.3 is 34.6 Å². The highest BCUT2D eigenvalue weighted by molar-refractivity contribution is 6.04. The summed E-state index contributed by atoms with van der Waals surface area (Å²) in [6, 6.07) is 0. The molecule has 0 fully saturated rings. The van der Waals surface area contributed by atoms with E-state index in [1.807, 2.05) is 115 Å². The number of methoxy groups -OCH3 is 3. The lowest BCUT2D eigenvalue weighted by Gasteiger charge is -2.25. The molecule has 0 aromatic heterocycles. The van der Waals surface area contributed by atoms with Crippen LogP contribution in [0.3, 0.4) is 0 Å². The Morgan fingerprint density at radius 1 is 0.280 bits per heavy atom. The van der Waals surface area contributed by atoms with Crippen molar-refractivity contribution >= 4 is 5.78 Å². The summed E-state index contributed by atoms with van der Waals surface area (Å²) in [5.74, 6) is 0.0363. The molecule has 8 heteroatoms. The molecule has 107 heavy (non-hydrogen) atoms. The normalized spacial score (nSPS) is 14.0. The summed E-state index contributed by atoms with van der Waals surface area (Å²) in [5.41, 5.74) is 21.1. The Labute approximate surface area is 658 Å². The van der Waals surface area contributed by atoms with Crippen LogP contribution in [-0.2, 0) is 19.0 Å². The van der Waals surface area contributed by atoms with Gasteiger partial charge in [0.2, 0.25) is 0 Å². The second-order valence-corrected chi connectivity index (χ2v) is 31.2. The van der Waals surface area contributed by atoms with Crippen LogP contribution < -0.4 is 0 Å². The number of aliphatic hydroxyl groups is 4. The zero-order valence-corrected chi connectivity index (χ0v) is 75.1. The number of ketones is 1. The Hall–Kier alpha value is -7.37. The first-order valence-electron chi connectivity index (χ1n) is 37.4. The molecular formula is C99H156O8. The molecule has 3 atom stereocenters. The van der Waals surface area contributed by atoms with Gasteiger partial charge >= 0.3 is 0 Å². The first-order chi connectivity index (χ1) is 49.0. The van der Waals surface area contributed by atoms with Crippen LogP contribution in [0.4, 0.5) is 0 Å². The Morgan fingerprint density at radius 3 is 0.785 bits per heavy atom. The average Bonchev–Trinajstić information content (AvgIpc) is 0.906. The highest BCUT2D eigenvalue weighted by Gasteiger charge is 2.23. The van der Waals surface area contributed by atoms with Crippen molar-refractivity contribution in [3.05, 3.63) is 306 Å². The Bertz CT molecular complexity index is 3320. The SMILES string of the molecule is CC(C)=C(C)C(=O)/C=C/C(C)=C/C=C/C(C)(C)O.CC(C)=C/C=C/C(C)=C/C=C/C(C)=C(C)C.CC(C)=C/C=C/C(C)=C/C=C/C(C)=C(C)C.COC(/C=C/C(C)(C)O)/C(C)=C/C=C/C(C)=C(C)C.COC(/C=C/C(C)(C)O)/C(C)=C/C=C/C(C)=C(C)C.COC(/C=C/C(C)=C/C=C/C(C)=C(C)C)C(C)(C)O. The Morgan fingerprint density at radius 2 is 0.542 bits per heavy atom. The van der Waals surface area contributed by atoms with Crippen molar-refractivity contribution in [1.29, 1.82) is 0 Å². The number of ether oxygens (including phenoxy) is 3. The fourth-order valence-corrected chi connectivity index (χ4v) is 7.08. The smallest absolute Gasteiger partial charge is 0.181 e. The van der Waals surface area contributed by atoms with Crippen molar-refractivity contribution in [3.8, 4) is 0 Å². The van der Waals surface area contributed by atoms with Crippen LogP contribution >= 0.6 is 0 Å². The summed E-state index contributed by atoms with van der Waals surface area (Å²) >= 11 is 0. The van der Waals surface area contributed by atoms with Crippen LogP contribution in [0, 0.1) is 0 Å². The van der Waals surface area contributed by atoms with Crippen LogP contribution in [-0.4, -0.2) is 88.3 Å². The lowest BCUT2D eigenvalue weighted by Crippen LogP contribution is -2.35. The van der Waals surface area contributed by atoms with Crippen LogP contribution in [0.5, 0.6) is 0 Å². The minimum Gasteiger partial charge on any atom is -0.387 e. The number of carbonyl (C=O) groups is 1. The second-order valence-electron chi connectivity index (χ2n) is 31.2. The van der Waals surface area contributed by atoms with Crippen LogP contribution in [0.15, 0.2) is 306 Å². The maximum absolute atomic E-state index is 11.7. The van der Waals surface area contributed by atoms with Crippen molar-refractivity contribution < 1.29 is 39.4 Å². The summed E-state index contributed by atoms with van der Waals surface area (Å²) in [6.07, 6.45) is 63.2. The topological polar surface area (TPSA) is 126 Å². The quantitative estimate of drug-likeness (QED) is 0.0307. The van der Waals surface area contributed by atoms with E-state index in [-0.39, 0.29) is 24.1 Å². The number of carbonyl (C=O) groups excluding carboxylic acids is 1. The third-order valence-electron chi connectivity index (χ3n) is 15.8. The summed E-state index contributed by atoms with van der Waals surface area (Å²) in [7, 11) is 4.94. The first-order valence-corrected chi connectivity index (χ1v) is 37.4. The van der Waals surface area contributed by atoms with Gasteiger partial charge in [-0.3, -0.25) is 4.79 Å². The molecule has 0 radical (unpaired) electrons. The van der Waals surface area contributed by atoms with Gasteiger partial charge in [-0.1, -0.05) is 283 Å². The van der Waals surface area contributed by atoms with E-state index in [2.05, 4.69) is 237 Å². The molecule has 0 bridgehead atoms. The molecule has 0 aliphatic carbocycles. The Balaban J connectivity index is -0.000000286. The molecule has 4 N–H and O–H groups in total. The monoisotopic (exact) mass is 1470 g/mol. The highest BCUT2D eigenvalue weighted by Crippen LogP contribution is 2.18. The van der Waals surface area contributed by atoms with E-state index in [9.17, 15) is 25.2 Å². The van der Waals surface area contributed by atoms with Gasteiger partial charge in [0.05, 0.1) is 34.6 Å². The van der Waals surface area contributed by atoms with E-state index >= 15 is 0 Å². The lowest BCUT2D eigenvalue weighted by molar-refractivity contribution is -0.111. The zero-order valence-electron chi connectivity index (χ0n) is 75.1. The lowest BCUT2D eigenvalue weighted by atomic mass is 10.0. The zero-order chi connectivity index (χ0) is 84.6. The molecule has 0 aromatic carbocycles. The molecule has 0 aliphatic heterocycles. The van der Waals surface area contributed by atoms with E-state index in [0.717, 1.165) is 33.4 Å². The minimum atomic E-state index is -0.875. The molecule has 0 saturated heterocycles.